The number of anilines is 3. The van der Waals surface area contributed by atoms with E-state index in [0.29, 0.717) is 37.6 Å². The van der Waals surface area contributed by atoms with Gasteiger partial charge in [0.05, 0.1) is 0 Å². The van der Waals surface area contributed by atoms with E-state index >= 15 is 0 Å². The Kier molecular flexibility index (Phi) is 6.47. The second kappa shape index (κ2) is 9.21. The number of carbonyl (C=O) groups is 2. The van der Waals surface area contributed by atoms with Crippen LogP contribution in [0, 0.1) is 0 Å². The highest BCUT2D eigenvalue weighted by atomic mass is 16.2. The molecule has 0 bridgehead atoms. The molecule has 3 rings (SSSR count). The summed E-state index contributed by atoms with van der Waals surface area (Å²) < 4.78 is 0. The van der Waals surface area contributed by atoms with Crippen molar-refractivity contribution in [2.24, 2.45) is 0 Å². The van der Waals surface area contributed by atoms with Crippen LogP contribution >= 0.6 is 0 Å². The maximum Gasteiger partial charge on any atom is 0.254 e. The molecule has 7 heteroatoms. The fraction of sp³-hybridized carbons (Fsp3) is 0.381. The number of nitrogens with one attached hydrogen (secondary N) is 1. The normalized spacial score (nSPS) is 13.9. The van der Waals surface area contributed by atoms with E-state index in [1.165, 1.54) is 5.69 Å². The second-order valence-electron chi connectivity index (χ2n) is 6.71. The molecule has 148 valence electrons. The fourth-order valence-electron chi connectivity index (χ4n) is 3.34. The molecule has 1 aromatic carbocycles. The van der Waals surface area contributed by atoms with Crippen molar-refractivity contribution in [3.8, 4) is 0 Å². The number of amides is 2. The third-order valence-corrected chi connectivity index (χ3v) is 5.03. The van der Waals surface area contributed by atoms with Crippen LogP contribution in [0.2, 0.25) is 0 Å². The highest BCUT2D eigenvalue weighted by Crippen LogP contribution is 2.21. The van der Waals surface area contributed by atoms with Crippen molar-refractivity contribution in [3.63, 3.8) is 0 Å². The van der Waals surface area contributed by atoms with Gasteiger partial charge in [-0.1, -0.05) is 0 Å². The standard InChI is InChI=1S/C21H27N5O2/c1-3-25(4-2)19-7-5-18(6-8-19)23-20-15-17(9-10-22-20)21(28)26-13-11-24(16-27)12-14-26/h5-10,15-16H,3-4,11-14H2,1-2H3,(H,22,23). The predicted octanol–water partition coefficient (Wildman–Crippen LogP) is 2.59. The van der Waals surface area contributed by atoms with Gasteiger partial charge in [-0.15, -0.1) is 0 Å². The number of hydrogen-bond donors (Lipinski definition) is 1. The lowest BCUT2D eigenvalue weighted by Crippen LogP contribution is -2.48. The lowest BCUT2D eigenvalue weighted by Gasteiger charge is -2.32. The summed E-state index contributed by atoms with van der Waals surface area (Å²) in [5, 5.41) is 3.27. The van der Waals surface area contributed by atoms with Crippen LogP contribution < -0.4 is 10.2 Å². The molecule has 0 radical (unpaired) electrons. The number of benzene rings is 1. The maximum absolute atomic E-state index is 12.7. The third-order valence-electron chi connectivity index (χ3n) is 5.03. The molecule has 7 nitrogen and oxygen atoms in total. The quantitative estimate of drug-likeness (QED) is 0.747. The summed E-state index contributed by atoms with van der Waals surface area (Å²) in [5.41, 5.74) is 2.70. The van der Waals surface area contributed by atoms with Gasteiger partial charge in [-0.05, 0) is 50.2 Å². The van der Waals surface area contributed by atoms with Crippen LogP contribution in [0.5, 0.6) is 0 Å². The molecule has 1 aliphatic rings. The van der Waals surface area contributed by atoms with Gasteiger partial charge >= 0.3 is 0 Å². The van der Waals surface area contributed by atoms with Gasteiger partial charge in [-0.2, -0.15) is 0 Å². The molecule has 0 atom stereocenters. The lowest BCUT2D eigenvalue weighted by atomic mass is 10.2. The minimum absolute atomic E-state index is 0.0344. The zero-order chi connectivity index (χ0) is 19.9. The van der Waals surface area contributed by atoms with Crippen molar-refractivity contribution in [2.45, 2.75) is 13.8 Å². The molecule has 0 aliphatic carbocycles. The number of aromatic nitrogens is 1. The van der Waals surface area contributed by atoms with E-state index < -0.39 is 0 Å². The number of rotatable bonds is 7. The van der Waals surface area contributed by atoms with E-state index in [2.05, 4.69) is 41.2 Å². The molecule has 1 aliphatic heterocycles. The van der Waals surface area contributed by atoms with Crippen LogP contribution in [-0.4, -0.2) is 66.4 Å². The molecule has 28 heavy (non-hydrogen) atoms. The van der Waals surface area contributed by atoms with Gasteiger partial charge in [0.2, 0.25) is 6.41 Å². The summed E-state index contributed by atoms with van der Waals surface area (Å²) >= 11 is 0. The van der Waals surface area contributed by atoms with E-state index in [0.717, 1.165) is 25.2 Å². The molecule has 1 N–H and O–H groups in total. The average molecular weight is 381 g/mol. The Balaban J connectivity index is 1.66. The van der Waals surface area contributed by atoms with E-state index in [4.69, 9.17) is 0 Å². The first-order chi connectivity index (χ1) is 13.6. The fourth-order valence-corrected chi connectivity index (χ4v) is 3.34. The molecule has 2 aromatic rings. The van der Waals surface area contributed by atoms with Gasteiger partial charge in [0, 0.05) is 62.4 Å². The van der Waals surface area contributed by atoms with Gasteiger partial charge in [0.15, 0.2) is 0 Å². The Hall–Kier alpha value is -3.09. The Bertz CT molecular complexity index is 797. The summed E-state index contributed by atoms with van der Waals surface area (Å²) in [4.78, 5) is 33.6. The zero-order valence-electron chi connectivity index (χ0n) is 16.5. The molecule has 2 amide bonds. The third kappa shape index (κ3) is 4.60. The molecule has 0 saturated carbocycles. The van der Waals surface area contributed by atoms with Crippen LogP contribution in [0.15, 0.2) is 42.6 Å². The van der Waals surface area contributed by atoms with Gasteiger partial charge < -0.3 is 20.0 Å². The van der Waals surface area contributed by atoms with Gasteiger partial charge in [-0.25, -0.2) is 4.98 Å². The number of carbonyl (C=O) groups excluding carboxylic acids is 2. The van der Waals surface area contributed by atoms with Crippen LogP contribution in [0.25, 0.3) is 0 Å². The first-order valence-corrected chi connectivity index (χ1v) is 9.71. The van der Waals surface area contributed by atoms with Crippen LogP contribution in [-0.2, 0) is 4.79 Å². The van der Waals surface area contributed by atoms with E-state index in [9.17, 15) is 9.59 Å². The number of nitrogens with zero attached hydrogens (tertiary/aromatic N) is 4. The highest BCUT2D eigenvalue weighted by molar-refractivity contribution is 5.95. The summed E-state index contributed by atoms with van der Waals surface area (Å²) in [7, 11) is 0. The Morgan fingerprint density at radius 2 is 1.79 bits per heavy atom. The molecule has 0 unspecified atom stereocenters. The molecule has 1 saturated heterocycles. The van der Waals surface area contributed by atoms with Crippen molar-refractivity contribution in [1.29, 1.82) is 0 Å². The minimum Gasteiger partial charge on any atom is -0.372 e. The smallest absolute Gasteiger partial charge is 0.254 e. The van der Waals surface area contributed by atoms with Gasteiger partial charge in [0.25, 0.3) is 5.91 Å². The Morgan fingerprint density at radius 1 is 1.11 bits per heavy atom. The minimum atomic E-state index is -0.0344. The molecule has 0 spiro atoms. The number of piperazine rings is 1. The van der Waals surface area contributed by atoms with E-state index in [-0.39, 0.29) is 5.91 Å². The largest absolute Gasteiger partial charge is 0.372 e. The summed E-state index contributed by atoms with van der Waals surface area (Å²) in [6.07, 6.45) is 2.48. The summed E-state index contributed by atoms with van der Waals surface area (Å²) in [6.45, 7) is 8.47. The van der Waals surface area contributed by atoms with E-state index in [1.54, 1.807) is 28.1 Å². The predicted molar refractivity (Wildman–Crippen MR) is 111 cm³/mol. The molecule has 2 heterocycles. The SMILES string of the molecule is CCN(CC)c1ccc(Nc2cc(C(=O)N3CCN(C=O)CC3)ccn2)cc1. The number of pyridine rings is 1. The maximum atomic E-state index is 12.7. The van der Waals surface area contributed by atoms with Crippen molar-refractivity contribution in [2.75, 3.05) is 49.5 Å². The highest BCUT2D eigenvalue weighted by Gasteiger charge is 2.21. The van der Waals surface area contributed by atoms with Gasteiger partial charge in [-0.3, -0.25) is 9.59 Å². The van der Waals surface area contributed by atoms with Crippen molar-refractivity contribution in [3.05, 3.63) is 48.2 Å². The van der Waals surface area contributed by atoms with Crippen molar-refractivity contribution in [1.82, 2.24) is 14.8 Å². The number of hydrogen-bond acceptors (Lipinski definition) is 5. The molecular weight excluding hydrogens is 354 g/mol. The van der Waals surface area contributed by atoms with E-state index in [1.807, 2.05) is 12.1 Å². The van der Waals surface area contributed by atoms with Crippen LogP contribution in [0.4, 0.5) is 17.2 Å². The zero-order valence-corrected chi connectivity index (χ0v) is 16.5. The molecule has 1 fully saturated rings. The Morgan fingerprint density at radius 3 is 2.39 bits per heavy atom. The topological polar surface area (TPSA) is 68.8 Å². The van der Waals surface area contributed by atoms with Crippen LogP contribution in [0.1, 0.15) is 24.2 Å². The van der Waals surface area contributed by atoms with Crippen molar-refractivity contribution >= 4 is 29.5 Å². The lowest BCUT2D eigenvalue weighted by molar-refractivity contribution is -0.119. The molecule has 1 aromatic heterocycles. The Labute approximate surface area is 166 Å². The van der Waals surface area contributed by atoms with Crippen LogP contribution in [0.3, 0.4) is 0 Å². The summed E-state index contributed by atoms with van der Waals surface area (Å²) in [6, 6.07) is 11.7. The second-order valence-corrected chi connectivity index (χ2v) is 6.71. The first-order valence-electron chi connectivity index (χ1n) is 9.71. The van der Waals surface area contributed by atoms with Gasteiger partial charge in [0.1, 0.15) is 5.82 Å². The summed E-state index contributed by atoms with van der Waals surface area (Å²) in [5.74, 6) is 0.598. The van der Waals surface area contributed by atoms with Crippen molar-refractivity contribution < 1.29 is 9.59 Å². The monoisotopic (exact) mass is 381 g/mol. The first kappa shape index (κ1) is 19.7. The average Bonchev–Trinajstić information content (AvgIpc) is 2.75. The molecular formula is C21H27N5O2.